The van der Waals surface area contributed by atoms with E-state index in [0.29, 0.717) is 5.75 Å². The smallest absolute Gasteiger partial charge is 0.330 e. The molecule has 0 amide bonds. The molecule has 16 heavy (non-hydrogen) atoms. The van der Waals surface area contributed by atoms with Gasteiger partial charge in [0.15, 0.2) is 0 Å². The molecule has 0 aliphatic rings. The van der Waals surface area contributed by atoms with Crippen molar-refractivity contribution in [1.29, 1.82) is 0 Å². The Balaban J connectivity index is 2.79. The van der Waals surface area contributed by atoms with Crippen LogP contribution in [0.25, 0.3) is 0 Å². The van der Waals surface area contributed by atoms with Crippen LogP contribution in [0.15, 0.2) is 30.3 Å². The van der Waals surface area contributed by atoms with Crippen LogP contribution >= 0.6 is 43.5 Å². The Bertz CT molecular complexity index is 356. The van der Waals surface area contributed by atoms with E-state index in [-0.39, 0.29) is 10.7 Å². The van der Waals surface area contributed by atoms with Crippen LogP contribution < -0.4 is 4.74 Å². The standard InChI is InChI=1S/C11H11Br2ClO2/c1-8(12)11(13,7-14)10(15)16-9-5-3-2-4-6-9/h2-6,8H,7H2,1H3. The molecule has 0 N–H and O–H groups in total. The molecular weight excluding hydrogens is 359 g/mol. The van der Waals surface area contributed by atoms with Crippen molar-refractivity contribution in [3.63, 3.8) is 0 Å². The molecule has 0 aliphatic heterocycles. The van der Waals surface area contributed by atoms with E-state index >= 15 is 0 Å². The number of para-hydroxylation sites is 1. The van der Waals surface area contributed by atoms with Crippen molar-refractivity contribution in [3.8, 4) is 5.75 Å². The first-order chi connectivity index (χ1) is 7.50. The lowest BCUT2D eigenvalue weighted by atomic mass is 10.1. The van der Waals surface area contributed by atoms with Crippen molar-refractivity contribution < 1.29 is 9.53 Å². The van der Waals surface area contributed by atoms with Crippen LogP contribution in [0.3, 0.4) is 0 Å². The number of alkyl halides is 3. The molecule has 1 aromatic carbocycles. The lowest BCUT2D eigenvalue weighted by molar-refractivity contribution is -0.136. The molecule has 88 valence electrons. The summed E-state index contributed by atoms with van der Waals surface area (Å²) in [5, 5.41) is 0. The van der Waals surface area contributed by atoms with Crippen LogP contribution in [0.1, 0.15) is 6.92 Å². The molecule has 0 aliphatic carbocycles. The molecule has 2 atom stereocenters. The summed E-state index contributed by atoms with van der Waals surface area (Å²) in [7, 11) is 0. The Hall–Kier alpha value is -0.0600. The average Bonchev–Trinajstić information content (AvgIpc) is 2.28. The minimum atomic E-state index is -0.912. The third-order valence-electron chi connectivity index (χ3n) is 2.12. The predicted octanol–water partition coefficient (Wildman–Crippen LogP) is 3.75. The topological polar surface area (TPSA) is 26.3 Å². The second kappa shape index (κ2) is 6.03. The maximum absolute atomic E-state index is 11.9. The lowest BCUT2D eigenvalue weighted by Gasteiger charge is -2.25. The Morgan fingerprint density at radius 2 is 2.06 bits per heavy atom. The molecule has 0 spiro atoms. The molecule has 2 nitrogen and oxygen atoms in total. The third kappa shape index (κ3) is 3.22. The van der Waals surface area contributed by atoms with Gasteiger partial charge in [-0.1, -0.05) is 57.0 Å². The molecule has 0 bridgehead atoms. The first-order valence-corrected chi connectivity index (χ1v) is 6.91. The minimum Gasteiger partial charge on any atom is -0.425 e. The summed E-state index contributed by atoms with van der Waals surface area (Å²) >= 11 is 12.4. The van der Waals surface area contributed by atoms with Gasteiger partial charge in [0.25, 0.3) is 0 Å². The van der Waals surface area contributed by atoms with Crippen molar-refractivity contribution in [2.45, 2.75) is 16.1 Å². The Morgan fingerprint density at radius 1 is 1.50 bits per heavy atom. The van der Waals surface area contributed by atoms with Gasteiger partial charge in [-0.3, -0.25) is 4.79 Å². The van der Waals surface area contributed by atoms with Gasteiger partial charge in [-0.2, -0.15) is 0 Å². The van der Waals surface area contributed by atoms with Crippen LogP contribution in [0.5, 0.6) is 5.75 Å². The maximum Gasteiger partial charge on any atom is 0.330 e. The van der Waals surface area contributed by atoms with E-state index in [0.717, 1.165) is 0 Å². The predicted molar refractivity (Wildman–Crippen MR) is 72.8 cm³/mol. The van der Waals surface area contributed by atoms with E-state index in [1.54, 1.807) is 24.3 Å². The molecule has 0 aromatic heterocycles. The second-order valence-electron chi connectivity index (χ2n) is 3.31. The fraction of sp³-hybridized carbons (Fsp3) is 0.364. The summed E-state index contributed by atoms with van der Waals surface area (Å²) in [6.45, 7) is 1.84. The Kier molecular flexibility index (Phi) is 5.28. The highest BCUT2D eigenvalue weighted by Crippen LogP contribution is 2.31. The third-order valence-corrected chi connectivity index (χ3v) is 5.55. The van der Waals surface area contributed by atoms with Crippen molar-refractivity contribution in [2.24, 2.45) is 0 Å². The Morgan fingerprint density at radius 3 is 2.50 bits per heavy atom. The van der Waals surface area contributed by atoms with Crippen molar-refractivity contribution in [1.82, 2.24) is 0 Å². The molecule has 0 heterocycles. The highest BCUT2D eigenvalue weighted by molar-refractivity contribution is 9.12. The number of esters is 1. The van der Waals surface area contributed by atoms with E-state index in [2.05, 4.69) is 31.9 Å². The van der Waals surface area contributed by atoms with Crippen LogP contribution in [0.2, 0.25) is 0 Å². The van der Waals surface area contributed by atoms with Crippen molar-refractivity contribution in [3.05, 3.63) is 30.3 Å². The van der Waals surface area contributed by atoms with Gasteiger partial charge in [0.1, 0.15) is 10.1 Å². The summed E-state index contributed by atoms with van der Waals surface area (Å²) in [5.41, 5.74) is 0. The molecule has 0 saturated carbocycles. The fourth-order valence-electron chi connectivity index (χ4n) is 1.00. The van der Waals surface area contributed by atoms with E-state index in [1.807, 2.05) is 13.0 Å². The maximum atomic E-state index is 11.9. The quantitative estimate of drug-likeness (QED) is 0.458. The normalized spacial score (nSPS) is 16.2. The number of hydrogen-bond donors (Lipinski definition) is 0. The minimum absolute atomic E-state index is 0.130. The number of carbonyl (C=O) groups is 1. The lowest BCUT2D eigenvalue weighted by Crippen LogP contribution is -2.44. The number of rotatable bonds is 4. The van der Waals surface area contributed by atoms with Crippen molar-refractivity contribution in [2.75, 3.05) is 5.88 Å². The first-order valence-electron chi connectivity index (χ1n) is 4.67. The van der Waals surface area contributed by atoms with Crippen LogP contribution in [-0.2, 0) is 4.79 Å². The zero-order valence-corrected chi connectivity index (χ0v) is 12.5. The van der Waals surface area contributed by atoms with Gasteiger partial charge < -0.3 is 4.74 Å². The second-order valence-corrected chi connectivity index (χ2v) is 6.37. The first kappa shape index (κ1) is 14.0. The summed E-state index contributed by atoms with van der Waals surface area (Å²) in [6, 6.07) is 8.90. The van der Waals surface area contributed by atoms with E-state index in [4.69, 9.17) is 16.3 Å². The molecular formula is C11H11Br2ClO2. The zero-order chi connectivity index (χ0) is 12.2. The molecule has 0 radical (unpaired) electrons. The average molecular weight is 370 g/mol. The summed E-state index contributed by atoms with van der Waals surface area (Å²) < 4.78 is 4.32. The van der Waals surface area contributed by atoms with Gasteiger partial charge >= 0.3 is 5.97 Å². The molecule has 0 saturated heterocycles. The van der Waals surface area contributed by atoms with Gasteiger partial charge in [0, 0.05) is 10.7 Å². The van der Waals surface area contributed by atoms with E-state index in [9.17, 15) is 4.79 Å². The summed E-state index contributed by atoms with van der Waals surface area (Å²) in [6.07, 6.45) is 0. The molecule has 5 heteroatoms. The van der Waals surface area contributed by atoms with Gasteiger partial charge in [0.2, 0.25) is 0 Å². The van der Waals surface area contributed by atoms with E-state index < -0.39 is 10.3 Å². The number of benzene rings is 1. The molecule has 0 fully saturated rings. The molecule has 2 unspecified atom stereocenters. The summed E-state index contributed by atoms with van der Waals surface area (Å²) in [4.78, 5) is 11.8. The van der Waals surface area contributed by atoms with Gasteiger partial charge in [0.05, 0.1) is 0 Å². The van der Waals surface area contributed by atoms with Crippen LogP contribution in [0, 0.1) is 0 Å². The SMILES string of the molecule is CC(Br)C(Br)(CCl)C(=O)Oc1ccccc1. The Labute approximate surface area is 117 Å². The van der Waals surface area contributed by atoms with Crippen LogP contribution in [-0.4, -0.2) is 21.0 Å². The highest BCUT2D eigenvalue weighted by Gasteiger charge is 2.41. The number of carbonyl (C=O) groups excluding carboxylic acids is 1. The van der Waals surface area contributed by atoms with Gasteiger partial charge in [-0.15, -0.1) is 11.6 Å². The largest absolute Gasteiger partial charge is 0.425 e. The fourth-order valence-corrected chi connectivity index (χ4v) is 1.96. The monoisotopic (exact) mass is 368 g/mol. The van der Waals surface area contributed by atoms with Crippen molar-refractivity contribution >= 4 is 49.4 Å². The van der Waals surface area contributed by atoms with Crippen LogP contribution in [0.4, 0.5) is 0 Å². The number of halogens is 3. The molecule has 1 aromatic rings. The van der Waals surface area contributed by atoms with Gasteiger partial charge in [-0.05, 0) is 12.1 Å². The van der Waals surface area contributed by atoms with E-state index in [1.165, 1.54) is 0 Å². The zero-order valence-electron chi connectivity index (χ0n) is 8.62. The number of hydrogen-bond acceptors (Lipinski definition) is 2. The summed E-state index contributed by atoms with van der Waals surface area (Å²) in [5.74, 6) is 0.234. The molecule has 1 rings (SSSR count). The van der Waals surface area contributed by atoms with Gasteiger partial charge in [-0.25, -0.2) is 0 Å². The highest BCUT2D eigenvalue weighted by atomic mass is 79.9. The number of ether oxygens (including phenoxy) is 1.